The first-order chi connectivity index (χ1) is 12.1. The second-order valence-corrected chi connectivity index (χ2v) is 5.73. The zero-order chi connectivity index (χ0) is 17.6. The molecule has 25 heavy (non-hydrogen) atoms. The van der Waals surface area contributed by atoms with Gasteiger partial charge in [-0.1, -0.05) is 42.5 Å². The lowest BCUT2D eigenvalue weighted by Crippen LogP contribution is -2.15. The zero-order valence-electron chi connectivity index (χ0n) is 13.5. The molecule has 0 saturated heterocycles. The van der Waals surface area contributed by atoms with E-state index < -0.39 is 0 Å². The van der Waals surface area contributed by atoms with E-state index >= 15 is 0 Å². The third kappa shape index (κ3) is 4.41. The predicted octanol–water partition coefficient (Wildman–Crippen LogP) is 3.45. The molecule has 0 saturated carbocycles. The number of hydrogen-bond donors (Lipinski definition) is 2. The highest BCUT2D eigenvalue weighted by molar-refractivity contribution is 5.76. The molecule has 1 amide bonds. The smallest absolute Gasteiger partial charge is 0.221 e. The maximum Gasteiger partial charge on any atom is 0.221 e. The van der Waals surface area contributed by atoms with Crippen molar-refractivity contribution in [3.63, 3.8) is 0 Å². The Labute approximate surface area is 145 Å². The Kier molecular flexibility index (Phi) is 5.04. The lowest BCUT2D eigenvalue weighted by molar-refractivity contribution is -0.117. The Morgan fingerprint density at radius 1 is 1.04 bits per heavy atom. The summed E-state index contributed by atoms with van der Waals surface area (Å²) in [7, 11) is 0. The minimum Gasteiger partial charge on any atom is -0.373 e. The van der Waals surface area contributed by atoms with E-state index in [1.807, 2.05) is 54.6 Å². The first kappa shape index (κ1) is 16.6. The van der Waals surface area contributed by atoms with Gasteiger partial charge in [-0.25, -0.2) is 4.39 Å². The Hall–Kier alpha value is -3.21. The van der Waals surface area contributed by atoms with Crippen LogP contribution in [0.15, 0.2) is 72.9 Å². The van der Waals surface area contributed by atoms with Crippen LogP contribution in [0.4, 0.5) is 10.1 Å². The molecular weight excluding hydrogens is 317 g/mol. The monoisotopic (exact) mass is 335 g/mol. The lowest BCUT2D eigenvalue weighted by Gasteiger charge is -2.20. The summed E-state index contributed by atoms with van der Waals surface area (Å²) >= 11 is 0. The summed E-state index contributed by atoms with van der Waals surface area (Å²) in [5.74, 6) is -0.732. The molecule has 126 valence electrons. The second-order valence-electron chi connectivity index (χ2n) is 5.73. The van der Waals surface area contributed by atoms with Gasteiger partial charge in [0.05, 0.1) is 24.4 Å². The molecule has 0 bridgehead atoms. The number of halogens is 1. The van der Waals surface area contributed by atoms with Crippen LogP contribution in [0, 0.1) is 5.82 Å². The average Bonchev–Trinajstić information content (AvgIpc) is 2.62. The number of nitrogens with one attached hydrogen (secondary N) is 1. The number of primary amides is 1. The molecule has 3 rings (SSSR count). The van der Waals surface area contributed by atoms with E-state index in [0.29, 0.717) is 5.69 Å². The minimum absolute atomic E-state index is 0.210. The molecule has 0 aliphatic heterocycles. The number of anilines is 1. The largest absolute Gasteiger partial charge is 0.373 e. The fourth-order valence-corrected chi connectivity index (χ4v) is 2.62. The first-order valence-corrected chi connectivity index (χ1v) is 7.92. The van der Waals surface area contributed by atoms with Crippen molar-refractivity contribution in [2.45, 2.75) is 12.5 Å². The van der Waals surface area contributed by atoms with Crippen LogP contribution >= 0.6 is 0 Å². The fourth-order valence-electron chi connectivity index (χ4n) is 2.62. The van der Waals surface area contributed by atoms with Gasteiger partial charge in [-0.3, -0.25) is 9.78 Å². The average molecular weight is 335 g/mol. The standard InChI is InChI=1S/C20H18FN3O/c21-16-8-11-18(23-13-16)20(15-4-2-1-3-5-15)24-17-9-6-14(7-10-17)12-19(22)25/h1-11,13,20,24H,12H2,(H2,22,25)/t20-/m0/s1. The number of aromatic nitrogens is 1. The van der Waals surface area contributed by atoms with E-state index in [1.54, 1.807) is 6.07 Å². The number of amides is 1. The molecule has 3 aromatic rings. The molecule has 1 aromatic heterocycles. The number of nitrogens with zero attached hydrogens (tertiary/aromatic N) is 1. The molecule has 0 aliphatic rings. The molecule has 0 spiro atoms. The molecule has 1 heterocycles. The van der Waals surface area contributed by atoms with Gasteiger partial charge in [-0.05, 0) is 35.4 Å². The van der Waals surface area contributed by atoms with Crippen molar-refractivity contribution in [2.24, 2.45) is 5.73 Å². The van der Waals surface area contributed by atoms with Gasteiger partial charge in [-0.2, -0.15) is 0 Å². The van der Waals surface area contributed by atoms with Crippen LogP contribution in [0.2, 0.25) is 0 Å². The highest BCUT2D eigenvalue weighted by atomic mass is 19.1. The lowest BCUT2D eigenvalue weighted by atomic mass is 10.0. The van der Waals surface area contributed by atoms with Crippen molar-refractivity contribution in [1.82, 2.24) is 4.98 Å². The summed E-state index contributed by atoms with van der Waals surface area (Å²) in [5.41, 5.74) is 8.67. The topological polar surface area (TPSA) is 68.0 Å². The normalized spacial score (nSPS) is 11.7. The summed E-state index contributed by atoms with van der Waals surface area (Å²) in [5, 5.41) is 3.41. The van der Waals surface area contributed by atoms with E-state index in [0.717, 1.165) is 16.8 Å². The minimum atomic E-state index is -0.369. The van der Waals surface area contributed by atoms with E-state index in [1.165, 1.54) is 12.3 Å². The van der Waals surface area contributed by atoms with Crippen LogP contribution < -0.4 is 11.1 Å². The summed E-state index contributed by atoms with van der Waals surface area (Å²) in [6, 6.07) is 20.1. The van der Waals surface area contributed by atoms with Crippen LogP contribution in [0.25, 0.3) is 0 Å². The van der Waals surface area contributed by atoms with Crippen molar-refractivity contribution >= 4 is 11.6 Å². The fraction of sp³-hybridized carbons (Fsp3) is 0.100. The van der Waals surface area contributed by atoms with Crippen LogP contribution in [0.5, 0.6) is 0 Å². The van der Waals surface area contributed by atoms with Crippen molar-refractivity contribution < 1.29 is 9.18 Å². The number of benzene rings is 2. The van der Waals surface area contributed by atoms with E-state index in [2.05, 4.69) is 10.3 Å². The third-order valence-corrected chi connectivity index (χ3v) is 3.82. The second kappa shape index (κ2) is 7.57. The van der Waals surface area contributed by atoms with Gasteiger partial charge in [0.2, 0.25) is 5.91 Å². The van der Waals surface area contributed by atoms with Crippen LogP contribution in [0.3, 0.4) is 0 Å². The molecule has 0 radical (unpaired) electrons. The zero-order valence-corrected chi connectivity index (χ0v) is 13.5. The van der Waals surface area contributed by atoms with E-state index in [-0.39, 0.29) is 24.2 Å². The predicted molar refractivity (Wildman–Crippen MR) is 95.4 cm³/mol. The van der Waals surface area contributed by atoms with Gasteiger partial charge < -0.3 is 11.1 Å². The Balaban J connectivity index is 1.87. The van der Waals surface area contributed by atoms with Gasteiger partial charge in [-0.15, -0.1) is 0 Å². The summed E-state index contributed by atoms with van der Waals surface area (Å²) in [6.07, 6.45) is 1.42. The van der Waals surface area contributed by atoms with Gasteiger partial charge >= 0.3 is 0 Å². The number of nitrogens with two attached hydrogens (primary N) is 1. The number of pyridine rings is 1. The Bertz CT molecular complexity index is 833. The molecule has 2 aromatic carbocycles. The van der Waals surface area contributed by atoms with E-state index in [4.69, 9.17) is 5.73 Å². The van der Waals surface area contributed by atoms with Crippen LogP contribution in [0.1, 0.15) is 22.9 Å². The maximum absolute atomic E-state index is 13.2. The van der Waals surface area contributed by atoms with Crippen molar-refractivity contribution in [3.05, 3.63) is 95.6 Å². The van der Waals surface area contributed by atoms with E-state index in [9.17, 15) is 9.18 Å². The number of rotatable bonds is 6. The molecule has 0 fully saturated rings. The molecular formula is C20H18FN3O. The van der Waals surface area contributed by atoms with Crippen molar-refractivity contribution in [3.8, 4) is 0 Å². The first-order valence-electron chi connectivity index (χ1n) is 7.92. The summed E-state index contributed by atoms with van der Waals surface area (Å²) in [4.78, 5) is 15.2. The highest BCUT2D eigenvalue weighted by Crippen LogP contribution is 2.25. The van der Waals surface area contributed by atoms with Gasteiger partial charge in [0.1, 0.15) is 5.82 Å². The highest BCUT2D eigenvalue weighted by Gasteiger charge is 2.15. The molecule has 1 atom stereocenters. The Morgan fingerprint density at radius 3 is 2.36 bits per heavy atom. The van der Waals surface area contributed by atoms with Crippen LogP contribution in [-0.2, 0) is 11.2 Å². The molecule has 0 aliphatic carbocycles. The summed E-state index contributed by atoms with van der Waals surface area (Å²) in [6.45, 7) is 0. The number of hydrogen-bond acceptors (Lipinski definition) is 3. The SMILES string of the molecule is NC(=O)Cc1ccc(N[C@@H](c2ccccc2)c2ccc(F)cn2)cc1. The van der Waals surface area contributed by atoms with Gasteiger partial charge in [0.25, 0.3) is 0 Å². The third-order valence-electron chi connectivity index (χ3n) is 3.82. The van der Waals surface area contributed by atoms with Gasteiger partial charge in [0.15, 0.2) is 0 Å². The van der Waals surface area contributed by atoms with Crippen molar-refractivity contribution in [1.29, 1.82) is 0 Å². The quantitative estimate of drug-likeness (QED) is 0.725. The van der Waals surface area contributed by atoms with Crippen molar-refractivity contribution in [2.75, 3.05) is 5.32 Å². The molecule has 0 unspecified atom stereocenters. The maximum atomic E-state index is 13.2. The van der Waals surface area contributed by atoms with Crippen LogP contribution in [-0.4, -0.2) is 10.9 Å². The molecule has 4 nitrogen and oxygen atoms in total. The Morgan fingerprint density at radius 2 is 1.76 bits per heavy atom. The molecule has 5 heteroatoms. The summed E-state index contributed by atoms with van der Waals surface area (Å²) < 4.78 is 13.2. The van der Waals surface area contributed by atoms with Gasteiger partial charge in [0, 0.05) is 5.69 Å². The molecule has 3 N–H and O–H groups in total. The number of carbonyl (C=O) groups excluding carboxylic acids is 1. The number of carbonyl (C=O) groups is 1.